The molecule has 4 nitrogen and oxygen atoms in total. The third-order valence-electron chi connectivity index (χ3n) is 2.68. The second-order valence-electron chi connectivity index (χ2n) is 4.18. The first kappa shape index (κ1) is 12.4. The van der Waals surface area contributed by atoms with Gasteiger partial charge in [-0.05, 0) is 25.0 Å². The van der Waals surface area contributed by atoms with Crippen molar-refractivity contribution >= 4 is 11.8 Å². The molecule has 2 aromatic rings. The number of aryl methyl sites for hydroxylation is 1. The highest BCUT2D eigenvalue weighted by Gasteiger charge is 1.97. The fourth-order valence-corrected chi connectivity index (χ4v) is 1.78. The second kappa shape index (κ2) is 6.00. The van der Waals surface area contributed by atoms with E-state index in [2.05, 4.69) is 51.8 Å². The molecule has 18 heavy (non-hydrogen) atoms. The van der Waals surface area contributed by atoms with Crippen molar-refractivity contribution in [2.24, 2.45) is 0 Å². The van der Waals surface area contributed by atoms with Gasteiger partial charge in [-0.3, -0.25) is 0 Å². The average molecular weight is 242 g/mol. The maximum absolute atomic E-state index is 4.31. The highest BCUT2D eigenvalue weighted by molar-refractivity contribution is 5.39. The lowest BCUT2D eigenvalue weighted by molar-refractivity contribution is 0.997. The molecule has 0 unspecified atom stereocenters. The predicted octanol–water partition coefficient (Wildman–Crippen LogP) is 2.48. The molecule has 1 heterocycles. The van der Waals surface area contributed by atoms with Crippen LogP contribution in [0.25, 0.3) is 0 Å². The van der Waals surface area contributed by atoms with Gasteiger partial charge in [0.05, 0.1) is 0 Å². The van der Waals surface area contributed by atoms with Crippen molar-refractivity contribution in [2.45, 2.75) is 13.3 Å². The third-order valence-corrected chi connectivity index (χ3v) is 2.68. The molecule has 0 aliphatic heterocycles. The second-order valence-corrected chi connectivity index (χ2v) is 4.18. The highest BCUT2D eigenvalue weighted by Crippen LogP contribution is 2.07. The molecule has 1 aromatic heterocycles. The van der Waals surface area contributed by atoms with Crippen LogP contribution in [0.2, 0.25) is 0 Å². The Morgan fingerprint density at radius 2 is 2.11 bits per heavy atom. The molecular formula is C14H18N4. The minimum atomic E-state index is 0.635. The molecule has 0 fully saturated rings. The van der Waals surface area contributed by atoms with Crippen molar-refractivity contribution in [1.29, 1.82) is 0 Å². The number of benzene rings is 1. The van der Waals surface area contributed by atoms with E-state index in [4.69, 9.17) is 0 Å². The van der Waals surface area contributed by atoms with Gasteiger partial charge in [-0.25, -0.2) is 4.98 Å². The van der Waals surface area contributed by atoms with Gasteiger partial charge in [0.1, 0.15) is 5.82 Å². The molecule has 2 N–H and O–H groups in total. The summed E-state index contributed by atoms with van der Waals surface area (Å²) in [6, 6.07) is 10.4. The van der Waals surface area contributed by atoms with Gasteiger partial charge in [0.25, 0.3) is 0 Å². The summed E-state index contributed by atoms with van der Waals surface area (Å²) in [4.78, 5) is 8.38. The van der Waals surface area contributed by atoms with E-state index in [0.717, 1.165) is 18.8 Å². The lowest BCUT2D eigenvalue weighted by Gasteiger charge is -2.07. The van der Waals surface area contributed by atoms with Crippen LogP contribution in [0.15, 0.2) is 36.5 Å². The predicted molar refractivity (Wildman–Crippen MR) is 75.0 cm³/mol. The normalized spacial score (nSPS) is 10.1. The van der Waals surface area contributed by atoms with E-state index in [1.165, 1.54) is 11.1 Å². The van der Waals surface area contributed by atoms with Crippen molar-refractivity contribution in [3.63, 3.8) is 0 Å². The van der Waals surface area contributed by atoms with Crippen LogP contribution < -0.4 is 10.6 Å². The molecule has 0 radical (unpaired) electrons. The third kappa shape index (κ3) is 3.45. The van der Waals surface area contributed by atoms with Gasteiger partial charge >= 0.3 is 0 Å². The van der Waals surface area contributed by atoms with Crippen molar-refractivity contribution in [3.05, 3.63) is 47.7 Å². The summed E-state index contributed by atoms with van der Waals surface area (Å²) in [5, 5.41) is 6.22. The number of hydrogen-bond acceptors (Lipinski definition) is 4. The van der Waals surface area contributed by atoms with Crippen molar-refractivity contribution in [3.8, 4) is 0 Å². The molecule has 0 aliphatic rings. The number of nitrogens with one attached hydrogen (secondary N) is 2. The van der Waals surface area contributed by atoms with E-state index in [9.17, 15) is 0 Å². The first-order valence-electron chi connectivity index (χ1n) is 6.08. The Labute approximate surface area is 107 Å². The molecule has 0 aliphatic carbocycles. The molecule has 0 bridgehead atoms. The average Bonchev–Trinajstić information content (AvgIpc) is 2.39. The summed E-state index contributed by atoms with van der Waals surface area (Å²) in [7, 11) is 1.81. The standard InChI is InChI=1S/C14H18N4/c1-11-4-3-5-12(10-11)6-8-16-13-7-9-17-14(15-2)18-13/h3-5,7,9-10H,6,8H2,1-2H3,(H2,15,16,17,18). The lowest BCUT2D eigenvalue weighted by atomic mass is 10.1. The minimum Gasteiger partial charge on any atom is -0.370 e. The Hall–Kier alpha value is -2.10. The number of rotatable bonds is 5. The smallest absolute Gasteiger partial charge is 0.224 e. The quantitative estimate of drug-likeness (QED) is 0.845. The molecule has 1 aromatic carbocycles. The van der Waals surface area contributed by atoms with Gasteiger partial charge < -0.3 is 10.6 Å². The van der Waals surface area contributed by atoms with E-state index in [1.807, 2.05) is 13.1 Å². The van der Waals surface area contributed by atoms with E-state index < -0.39 is 0 Å². The SMILES string of the molecule is CNc1nccc(NCCc2cccc(C)c2)n1. The fraction of sp³-hybridized carbons (Fsp3) is 0.286. The van der Waals surface area contributed by atoms with Crippen LogP contribution >= 0.6 is 0 Å². The first-order chi connectivity index (χ1) is 8.78. The first-order valence-corrected chi connectivity index (χ1v) is 6.08. The molecule has 94 valence electrons. The topological polar surface area (TPSA) is 49.8 Å². The molecule has 4 heteroatoms. The highest BCUT2D eigenvalue weighted by atomic mass is 15.1. The zero-order valence-corrected chi connectivity index (χ0v) is 10.8. The zero-order chi connectivity index (χ0) is 12.8. The van der Waals surface area contributed by atoms with Gasteiger partial charge in [-0.15, -0.1) is 0 Å². The summed E-state index contributed by atoms with van der Waals surface area (Å²) < 4.78 is 0. The monoisotopic (exact) mass is 242 g/mol. The van der Waals surface area contributed by atoms with E-state index in [0.29, 0.717) is 5.95 Å². The molecule has 0 saturated carbocycles. The lowest BCUT2D eigenvalue weighted by Crippen LogP contribution is -2.07. The van der Waals surface area contributed by atoms with Crippen molar-refractivity contribution in [1.82, 2.24) is 9.97 Å². The Balaban J connectivity index is 1.88. The Bertz CT molecular complexity index is 511. The maximum atomic E-state index is 4.31. The molecular weight excluding hydrogens is 224 g/mol. The molecule has 0 atom stereocenters. The van der Waals surface area contributed by atoms with Gasteiger partial charge in [0.2, 0.25) is 5.95 Å². The number of hydrogen-bond donors (Lipinski definition) is 2. The van der Waals surface area contributed by atoms with Gasteiger partial charge in [-0.2, -0.15) is 4.98 Å². The van der Waals surface area contributed by atoms with E-state index in [1.54, 1.807) is 6.20 Å². The summed E-state index contributed by atoms with van der Waals surface area (Å²) >= 11 is 0. The molecule has 0 amide bonds. The fourth-order valence-electron chi connectivity index (χ4n) is 1.78. The Morgan fingerprint density at radius 1 is 1.22 bits per heavy atom. The van der Waals surface area contributed by atoms with Crippen LogP contribution in [0, 0.1) is 6.92 Å². The van der Waals surface area contributed by atoms with E-state index >= 15 is 0 Å². The summed E-state index contributed by atoms with van der Waals surface area (Å²) in [6.07, 6.45) is 2.73. The Morgan fingerprint density at radius 3 is 2.89 bits per heavy atom. The van der Waals surface area contributed by atoms with Crippen LogP contribution in [0.5, 0.6) is 0 Å². The summed E-state index contributed by atoms with van der Waals surface area (Å²) in [5.74, 6) is 1.48. The van der Waals surface area contributed by atoms with Crippen LogP contribution in [0.4, 0.5) is 11.8 Å². The minimum absolute atomic E-state index is 0.635. The molecule has 2 rings (SSSR count). The van der Waals surface area contributed by atoms with Crippen LogP contribution in [0.3, 0.4) is 0 Å². The number of anilines is 2. The van der Waals surface area contributed by atoms with Crippen molar-refractivity contribution in [2.75, 3.05) is 24.2 Å². The summed E-state index contributed by atoms with van der Waals surface area (Å²) in [6.45, 7) is 2.98. The number of nitrogens with zero attached hydrogens (tertiary/aromatic N) is 2. The molecule has 0 spiro atoms. The van der Waals surface area contributed by atoms with Crippen LogP contribution in [-0.2, 0) is 6.42 Å². The largest absolute Gasteiger partial charge is 0.370 e. The van der Waals surface area contributed by atoms with Crippen LogP contribution in [0.1, 0.15) is 11.1 Å². The van der Waals surface area contributed by atoms with Crippen LogP contribution in [-0.4, -0.2) is 23.6 Å². The summed E-state index contributed by atoms with van der Waals surface area (Å²) in [5.41, 5.74) is 2.64. The van der Waals surface area contributed by atoms with Gasteiger partial charge in [-0.1, -0.05) is 29.8 Å². The van der Waals surface area contributed by atoms with Gasteiger partial charge in [0.15, 0.2) is 0 Å². The number of aromatic nitrogens is 2. The van der Waals surface area contributed by atoms with Gasteiger partial charge in [0, 0.05) is 19.8 Å². The Kier molecular flexibility index (Phi) is 4.12. The molecule has 0 saturated heterocycles. The van der Waals surface area contributed by atoms with E-state index in [-0.39, 0.29) is 0 Å². The van der Waals surface area contributed by atoms with Crippen molar-refractivity contribution < 1.29 is 0 Å². The zero-order valence-electron chi connectivity index (χ0n) is 10.8. The maximum Gasteiger partial charge on any atom is 0.224 e.